The van der Waals surface area contributed by atoms with Gasteiger partial charge >= 0.3 is 5.97 Å². The predicted octanol–water partition coefficient (Wildman–Crippen LogP) is 2.19. The number of nitrogens with one attached hydrogen (secondary N) is 1. The van der Waals surface area contributed by atoms with E-state index in [-0.39, 0.29) is 16.3 Å². The molecule has 2 rings (SSSR count). The van der Waals surface area contributed by atoms with Crippen LogP contribution in [0.1, 0.15) is 46.5 Å². The molecule has 0 unspecified atom stereocenters. The minimum atomic E-state index is -1.13. The average Bonchev–Trinajstić information content (AvgIpc) is 2.94. The Kier molecular flexibility index (Phi) is 4.65. The van der Waals surface area contributed by atoms with E-state index in [4.69, 9.17) is 5.11 Å². The summed E-state index contributed by atoms with van der Waals surface area (Å²) < 4.78 is 0.137. The highest BCUT2D eigenvalue weighted by Crippen LogP contribution is 2.39. The summed E-state index contributed by atoms with van der Waals surface area (Å²) >= 11 is 1.80. The van der Waals surface area contributed by atoms with Gasteiger partial charge in [-0.25, -0.2) is 9.78 Å². The van der Waals surface area contributed by atoms with Gasteiger partial charge in [-0.2, -0.15) is 11.8 Å². The number of carboxylic acids is 1. The fourth-order valence-corrected chi connectivity index (χ4v) is 3.42. The summed E-state index contributed by atoms with van der Waals surface area (Å²) in [6.07, 6.45) is 8.06. The summed E-state index contributed by atoms with van der Waals surface area (Å²) in [7, 11) is 0. The van der Waals surface area contributed by atoms with Gasteiger partial charge in [0.1, 0.15) is 5.69 Å². The van der Waals surface area contributed by atoms with Crippen LogP contribution in [-0.2, 0) is 0 Å². The number of thioether (sulfide) groups is 1. The van der Waals surface area contributed by atoms with Crippen LogP contribution in [0, 0.1) is 0 Å². The number of aromatic nitrogens is 1. The van der Waals surface area contributed by atoms with Gasteiger partial charge in [0, 0.05) is 23.1 Å². The van der Waals surface area contributed by atoms with E-state index in [1.54, 1.807) is 11.8 Å². The number of carboxylic acid groups (broad SMARTS) is 1. The Balaban J connectivity index is 2.01. The fourth-order valence-electron chi connectivity index (χ4n) is 2.50. The van der Waals surface area contributed by atoms with E-state index < -0.39 is 5.97 Å². The van der Waals surface area contributed by atoms with Gasteiger partial charge in [-0.3, -0.25) is 4.79 Å². The minimum absolute atomic E-state index is 0.113. The Labute approximate surface area is 122 Å². The summed E-state index contributed by atoms with van der Waals surface area (Å²) in [6.45, 7) is 0.623. The summed E-state index contributed by atoms with van der Waals surface area (Å²) in [5.74, 6) is -1.37. The number of carbonyl (C=O) groups is 2. The molecule has 1 saturated carbocycles. The van der Waals surface area contributed by atoms with Gasteiger partial charge < -0.3 is 10.4 Å². The van der Waals surface area contributed by atoms with Crippen LogP contribution < -0.4 is 5.32 Å². The van der Waals surface area contributed by atoms with Crippen molar-refractivity contribution < 1.29 is 14.7 Å². The highest BCUT2D eigenvalue weighted by atomic mass is 32.2. The van der Waals surface area contributed by atoms with Crippen molar-refractivity contribution in [2.75, 3.05) is 12.8 Å². The smallest absolute Gasteiger partial charge is 0.354 e. The maximum Gasteiger partial charge on any atom is 0.354 e. The maximum atomic E-state index is 12.1. The number of pyridine rings is 1. The third-order valence-corrected chi connectivity index (χ3v) is 5.18. The van der Waals surface area contributed by atoms with Crippen molar-refractivity contribution in [3.8, 4) is 0 Å². The second kappa shape index (κ2) is 6.26. The molecule has 1 aliphatic rings. The highest BCUT2D eigenvalue weighted by molar-refractivity contribution is 8.00. The first kappa shape index (κ1) is 14.8. The molecule has 1 aliphatic carbocycles. The molecule has 108 valence electrons. The first-order chi connectivity index (χ1) is 9.56. The molecule has 0 spiro atoms. The largest absolute Gasteiger partial charge is 0.477 e. The molecule has 0 aromatic carbocycles. The van der Waals surface area contributed by atoms with Crippen LogP contribution in [0.4, 0.5) is 0 Å². The molecule has 6 heteroatoms. The molecule has 0 atom stereocenters. The van der Waals surface area contributed by atoms with E-state index >= 15 is 0 Å². The SMILES string of the molecule is CSC1(CNC(=O)c2ccnc(C(=O)O)c2)CCCC1. The molecule has 1 aromatic rings. The molecular formula is C14H18N2O3S. The summed E-state index contributed by atoms with van der Waals surface area (Å²) in [5, 5.41) is 11.8. The predicted molar refractivity (Wildman–Crippen MR) is 78.2 cm³/mol. The molecule has 0 radical (unpaired) electrons. The number of rotatable bonds is 5. The van der Waals surface area contributed by atoms with E-state index in [1.165, 1.54) is 31.2 Å². The first-order valence-corrected chi connectivity index (χ1v) is 7.81. The van der Waals surface area contributed by atoms with Crippen molar-refractivity contribution in [1.82, 2.24) is 10.3 Å². The summed E-state index contributed by atoms with van der Waals surface area (Å²) in [6, 6.07) is 2.83. The molecule has 1 aromatic heterocycles. The zero-order chi connectivity index (χ0) is 14.6. The first-order valence-electron chi connectivity index (χ1n) is 6.59. The van der Waals surface area contributed by atoms with E-state index in [0.717, 1.165) is 12.8 Å². The van der Waals surface area contributed by atoms with E-state index in [0.29, 0.717) is 12.1 Å². The Morgan fingerprint density at radius 2 is 2.15 bits per heavy atom. The van der Waals surface area contributed by atoms with Gasteiger partial charge in [-0.15, -0.1) is 0 Å². The lowest BCUT2D eigenvalue weighted by molar-refractivity contribution is 0.0690. The van der Waals surface area contributed by atoms with E-state index in [2.05, 4.69) is 16.6 Å². The summed E-state index contributed by atoms with van der Waals surface area (Å²) in [5.41, 5.74) is 0.227. The standard InChI is InChI=1S/C14H18N2O3S/c1-20-14(5-2-3-6-14)9-16-12(17)10-4-7-15-11(8-10)13(18)19/h4,7-8H,2-3,5-6,9H2,1H3,(H,16,17)(H,18,19). The van der Waals surface area contributed by atoms with Crippen molar-refractivity contribution in [1.29, 1.82) is 0 Å². The molecule has 1 amide bonds. The molecule has 20 heavy (non-hydrogen) atoms. The molecule has 0 bridgehead atoms. The maximum absolute atomic E-state index is 12.1. The van der Waals surface area contributed by atoms with Crippen LogP contribution >= 0.6 is 11.8 Å². The second-order valence-corrected chi connectivity index (χ2v) is 6.29. The normalized spacial score (nSPS) is 16.9. The van der Waals surface area contributed by atoms with Crippen molar-refractivity contribution in [2.45, 2.75) is 30.4 Å². The molecule has 1 fully saturated rings. The molecule has 5 nitrogen and oxygen atoms in total. The highest BCUT2D eigenvalue weighted by Gasteiger charge is 2.33. The number of aromatic carboxylic acids is 1. The van der Waals surface area contributed by atoms with Crippen LogP contribution in [0.2, 0.25) is 0 Å². The zero-order valence-corrected chi connectivity index (χ0v) is 12.2. The van der Waals surface area contributed by atoms with Gasteiger partial charge in [-0.05, 0) is 31.2 Å². The van der Waals surface area contributed by atoms with Crippen LogP contribution in [-0.4, -0.2) is 39.5 Å². The van der Waals surface area contributed by atoms with Crippen molar-refractivity contribution in [3.05, 3.63) is 29.6 Å². The fraction of sp³-hybridized carbons (Fsp3) is 0.500. The monoisotopic (exact) mass is 294 g/mol. The van der Waals surface area contributed by atoms with Crippen LogP contribution in [0.15, 0.2) is 18.3 Å². The topological polar surface area (TPSA) is 79.3 Å². The minimum Gasteiger partial charge on any atom is -0.477 e. The lowest BCUT2D eigenvalue weighted by Crippen LogP contribution is -2.38. The van der Waals surface area contributed by atoms with Crippen molar-refractivity contribution >= 4 is 23.6 Å². The van der Waals surface area contributed by atoms with Gasteiger partial charge in [-0.1, -0.05) is 12.8 Å². The van der Waals surface area contributed by atoms with Gasteiger partial charge in [0.25, 0.3) is 5.91 Å². The number of hydrogen-bond donors (Lipinski definition) is 2. The molecular weight excluding hydrogens is 276 g/mol. The number of nitrogens with zero attached hydrogens (tertiary/aromatic N) is 1. The Bertz CT molecular complexity index is 513. The number of hydrogen-bond acceptors (Lipinski definition) is 4. The average molecular weight is 294 g/mol. The molecule has 0 aliphatic heterocycles. The van der Waals surface area contributed by atoms with Crippen molar-refractivity contribution in [3.63, 3.8) is 0 Å². The van der Waals surface area contributed by atoms with Crippen LogP contribution in [0.5, 0.6) is 0 Å². The van der Waals surface area contributed by atoms with E-state index in [1.807, 2.05) is 0 Å². The quantitative estimate of drug-likeness (QED) is 0.870. The Morgan fingerprint density at radius 3 is 2.75 bits per heavy atom. The van der Waals surface area contributed by atoms with E-state index in [9.17, 15) is 9.59 Å². The van der Waals surface area contributed by atoms with Gasteiger partial charge in [0.05, 0.1) is 0 Å². The molecule has 2 N–H and O–H groups in total. The third-order valence-electron chi connectivity index (χ3n) is 3.76. The molecule has 0 saturated heterocycles. The van der Waals surface area contributed by atoms with Gasteiger partial charge in [0.15, 0.2) is 0 Å². The number of amides is 1. The van der Waals surface area contributed by atoms with Crippen molar-refractivity contribution in [2.24, 2.45) is 0 Å². The number of carbonyl (C=O) groups excluding carboxylic acids is 1. The summed E-state index contributed by atoms with van der Waals surface area (Å²) in [4.78, 5) is 26.6. The lowest BCUT2D eigenvalue weighted by atomic mass is 10.1. The Hall–Kier alpha value is -1.56. The molecule has 1 heterocycles. The van der Waals surface area contributed by atoms with Gasteiger partial charge in [0.2, 0.25) is 0 Å². The van der Waals surface area contributed by atoms with Crippen LogP contribution in [0.25, 0.3) is 0 Å². The van der Waals surface area contributed by atoms with Crippen LogP contribution in [0.3, 0.4) is 0 Å². The zero-order valence-electron chi connectivity index (χ0n) is 11.4. The lowest BCUT2D eigenvalue weighted by Gasteiger charge is -2.26. The third kappa shape index (κ3) is 3.30. The second-order valence-electron chi connectivity index (χ2n) is 5.01. The Morgan fingerprint density at radius 1 is 1.45 bits per heavy atom.